The van der Waals surface area contributed by atoms with Crippen LogP contribution in [0.4, 0.5) is 0 Å². The van der Waals surface area contributed by atoms with Gasteiger partial charge >= 0.3 is 0 Å². The first-order valence-electron chi connectivity index (χ1n) is 7.91. The molecule has 1 aromatic rings. The fourth-order valence-corrected chi connectivity index (χ4v) is 3.73. The Morgan fingerprint density at radius 1 is 1.26 bits per heavy atom. The van der Waals surface area contributed by atoms with Crippen molar-refractivity contribution in [2.45, 2.75) is 72.4 Å². The minimum Gasteiger partial charge on any atom is -0.314 e. The van der Waals surface area contributed by atoms with Gasteiger partial charge in [-0.1, -0.05) is 20.3 Å². The molecule has 0 radical (unpaired) electrons. The molecule has 19 heavy (non-hydrogen) atoms. The van der Waals surface area contributed by atoms with E-state index in [-0.39, 0.29) is 0 Å². The standard InChI is InChI=1S/C16H29N3/c1-6-9-17-15-10-14(13(15)7-2)16-11(4)18-19(8-3)12(16)5/h13-15,17H,6-10H2,1-5H3. The zero-order valence-corrected chi connectivity index (χ0v) is 13.2. The zero-order chi connectivity index (χ0) is 14.0. The van der Waals surface area contributed by atoms with Crippen molar-refractivity contribution in [2.75, 3.05) is 6.54 Å². The van der Waals surface area contributed by atoms with Crippen LogP contribution >= 0.6 is 0 Å². The maximum Gasteiger partial charge on any atom is 0.0631 e. The summed E-state index contributed by atoms with van der Waals surface area (Å²) in [4.78, 5) is 0. The van der Waals surface area contributed by atoms with Crippen LogP contribution < -0.4 is 5.32 Å². The van der Waals surface area contributed by atoms with Crippen LogP contribution in [0.25, 0.3) is 0 Å². The van der Waals surface area contributed by atoms with Crippen molar-refractivity contribution < 1.29 is 0 Å². The number of hydrogen-bond acceptors (Lipinski definition) is 2. The van der Waals surface area contributed by atoms with Gasteiger partial charge in [0.25, 0.3) is 0 Å². The number of aryl methyl sites for hydroxylation is 2. The molecular formula is C16H29N3. The van der Waals surface area contributed by atoms with Crippen molar-refractivity contribution in [2.24, 2.45) is 5.92 Å². The molecule has 1 saturated carbocycles. The average molecular weight is 263 g/mol. The second kappa shape index (κ2) is 6.08. The molecule has 1 heterocycles. The number of aromatic nitrogens is 2. The molecule has 3 nitrogen and oxygen atoms in total. The molecule has 1 aliphatic carbocycles. The lowest BCUT2D eigenvalue weighted by molar-refractivity contribution is 0.160. The average Bonchev–Trinajstić information content (AvgIpc) is 2.65. The summed E-state index contributed by atoms with van der Waals surface area (Å²) >= 11 is 0. The van der Waals surface area contributed by atoms with Crippen molar-refractivity contribution in [3.63, 3.8) is 0 Å². The molecule has 3 atom stereocenters. The highest BCUT2D eigenvalue weighted by atomic mass is 15.3. The summed E-state index contributed by atoms with van der Waals surface area (Å²) < 4.78 is 2.16. The van der Waals surface area contributed by atoms with Crippen LogP contribution in [0, 0.1) is 19.8 Å². The summed E-state index contributed by atoms with van der Waals surface area (Å²) in [6, 6.07) is 0.721. The van der Waals surface area contributed by atoms with Gasteiger partial charge in [0, 0.05) is 18.3 Å². The molecule has 108 valence electrons. The summed E-state index contributed by atoms with van der Waals surface area (Å²) in [6.45, 7) is 13.3. The third kappa shape index (κ3) is 2.58. The smallest absolute Gasteiger partial charge is 0.0631 e. The molecule has 1 N–H and O–H groups in total. The zero-order valence-electron chi connectivity index (χ0n) is 13.2. The molecule has 0 amide bonds. The van der Waals surface area contributed by atoms with Gasteiger partial charge < -0.3 is 5.32 Å². The minimum absolute atomic E-state index is 0.721. The minimum atomic E-state index is 0.721. The highest BCUT2D eigenvalue weighted by Gasteiger charge is 2.42. The Morgan fingerprint density at radius 2 is 2.00 bits per heavy atom. The van der Waals surface area contributed by atoms with E-state index in [1.54, 1.807) is 0 Å². The van der Waals surface area contributed by atoms with Gasteiger partial charge in [-0.15, -0.1) is 0 Å². The molecule has 0 bridgehead atoms. The molecule has 0 aliphatic heterocycles. The molecule has 0 saturated heterocycles. The SMILES string of the molecule is CCCNC1CC(c2c(C)nn(CC)c2C)C1CC. The summed E-state index contributed by atoms with van der Waals surface area (Å²) in [7, 11) is 0. The predicted molar refractivity (Wildman–Crippen MR) is 80.6 cm³/mol. The summed E-state index contributed by atoms with van der Waals surface area (Å²) in [5.41, 5.74) is 4.16. The number of rotatable bonds is 6. The third-order valence-corrected chi connectivity index (χ3v) is 4.78. The monoisotopic (exact) mass is 263 g/mol. The Hall–Kier alpha value is -0.830. The lowest BCUT2D eigenvalue weighted by Crippen LogP contribution is -2.49. The van der Waals surface area contributed by atoms with Gasteiger partial charge in [0.1, 0.15) is 0 Å². The Balaban J connectivity index is 2.13. The van der Waals surface area contributed by atoms with Gasteiger partial charge in [0.15, 0.2) is 0 Å². The third-order valence-electron chi connectivity index (χ3n) is 4.78. The van der Waals surface area contributed by atoms with E-state index in [4.69, 9.17) is 0 Å². The first kappa shape index (κ1) is 14.6. The van der Waals surface area contributed by atoms with Crippen LogP contribution in [0.5, 0.6) is 0 Å². The topological polar surface area (TPSA) is 29.9 Å². The first-order chi connectivity index (χ1) is 9.13. The Morgan fingerprint density at radius 3 is 2.53 bits per heavy atom. The molecule has 1 aliphatic rings. The maximum atomic E-state index is 4.68. The molecule has 0 aromatic carbocycles. The number of nitrogens with one attached hydrogen (secondary N) is 1. The Labute approximate surface area is 117 Å². The van der Waals surface area contributed by atoms with E-state index in [2.05, 4.69) is 49.7 Å². The van der Waals surface area contributed by atoms with Crippen molar-refractivity contribution in [3.05, 3.63) is 17.0 Å². The van der Waals surface area contributed by atoms with Crippen LogP contribution in [0.2, 0.25) is 0 Å². The van der Waals surface area contributed by atoms with Gasteiger partial charge in [-0.2, -0.15) is 5.10 Å². The summed E-state index contributed by atoms with van der Waals surface area (Å²) in [5.74, 6) is 1.51. The quantitative estimate of drug-likeness (QED) is 0.852. The molecule has 2 rings (SSSR count). The van der Waals surface area contributed by atoms with Crippen LogP contribution in [-0.4, -0.2) is 22.4 Å². The van der Waals surface area contributed by atoms with Gasteiger partial charge in [-0.05, 0) is 57.6 Å². The highest BCUT2D eigenvalue weighted by Crippen LogP contribution is 2.46. The Kier molecular flexibility index (Phi) is 4.67. The van der Waals surface area contributed by atoms with Gasteiger partial charge in [0.2, 0.25) is 0 Å². The van der Waals surface area contributed by atoms with Gasteiger partial charge in [-0.25, -0.2) is 0 Å². The van der Waals surface area contributed by atoms with Crippen LogP contribution in [0.15, 0.2) is 0 Å². The van der Waals surface area contributed by atoms with E-state index < -0.39 is 0 Å². The second-order valence-corrected chi connectivity index (χ2v) is 5.88. The fraction of sp³-hybridized carbons (Fsp3) is 0.812. The number of nitrogens with zero attached hydrogens (tertiary/aromatic N) is 2. The van der Waals surface area contributed by atoms with Crippen molar-refractivity contribution >= 4 is 0 Å². The summed E-state index contributed by atoms with van der Waals surface area (Å²) in [5, 5.41) is 8.39. The normalized spacial score (nSPS) is 26.5. The van der Waals surface area contributed by atoms with Crippen molar-refractivity contribution in [1.29, 1.82) is 0 Å². The first-order valence-corrected chi connectivity index (χ1v) is 7.91. The molecule has 3 heteroatoms. The Bertz CT molecular complexity index is 422. The lowest BCUT2D eigenvalue weighted by atomic mass is 9.64. The van der Waals surface area contributed by atoms with Crippen LogP contribution in [-0.2, 0) is 6.54 Å². The maximum absolute atomic E-state index is 4.68. The second-order valence-electron chi connectivity index (χ2n) is 5.88. The summed E-state index contributed by atoms with van der Waals surface area (Å²) in [6.07, 6.45) is 3.78. The molecule has 0 spiro atoms. The van der Waals surface area contributed by atoms with E-state index in [0.717, 1.165) is 31.0 Å². The molecule has 3 unspecified atom stereocenters. The molecular weight excluding hydrogens is 234 g/mol. The van der Waals surface area contributed by atoms with Crippen LogP contribution in [0.1, 0.15) is 62.9 Å². The molecule has 1 fully saturated rings. The van der Waals surface area contributed by atoms with Gasteiger partial charge in [0.05, 0.1) is 5.69 Å². The van der Waals surface area contributed by atoms with E-state index in [9.17, 15) is 0 Å². The van der Waals surface area contributed by atoms with Crippen molar-refractivity contribution in [3.8, 4) is 0 Å². The lowest BCUT2D eigenvalue weighted by Gasteiger charge is -2.45. The predicted octanol–water partition coefficient (Wildman–Crippen LogP) is 3.40. The molecule has 1 aromatic heterocycles. The van der Waals surface area contributed by atoms with E-state index in [1.807, 2.05) is 0 Å². The fourth-order valence-electron chi connectivity index (χ4n) is 3.73. The highest BCUT2D eigenvalue weighted by molar-refractivity contribution is 5.32. The van der Waals surface area contributed by atoms with E-state index >= 15 is 0 Å². The largest absolute Gasteiger partial charge is 0.314 e. The van der Waals surface area contributed by atoms with Crippen LogP contribution in [0.3, 0.4) is 0 Å². The van der Waals surface area contributed by atoms with Crippen molar-refractivity contribution in [1.82, 2.24) is 15.1 Å². The van der Waals surface area contributed by atoms with E-state index in [1.165, 1.54) is 36.2 Å². The van der Waals surface area contributed by atoms with E-state index in [0.29, 0.717) is 0 Å². The number of hydrogen-bond donors (Lipinski definition) is 1. The van der Waals surface area contributed by atoms with Gasteiger partial charge in [-0.3, -0.25) is 4.68 Å².